The quantitative estimate of drug-likeness (QED) is 0.495. The van der Waals surface area contributed by atoms with Crippen LogP contribution in [-0.2, 0) is 16.1 Å². The van der Waals surface area contributed by atoms with Crippen LogP contribution >= 0.6 is 11.8 Å². The Balaban J connectivity index is 1.78. The van der Waals surface area contributed by atoms with E-state index in [2.05, 4.69) is 10.3 Å². The fourth-order valence-corrected chi connectivity index (χ4v) is 3.44. The van der Waals surface area contributed by atoms with Crippen LogP contribution < -0.4 is 10.7 Å². The van der Waals surface area contributed by atoms with Crippen molar-refractivity contribution in [3.63, 3.8) is 0 Å². The number of carbonyl (C=O) groups excluding carboxylic acids is 2. The highest BCUT2D eigenvalue weighted by atomic mass is 32.2. The molecule has 0 atom stereocenters. The first-order valence-corrected chi connectivity index (χ1v) is 10.3. The topological polar surface area (TPSA) is 90.3 Å². The first-order chi connectivity index (χ1) is 13.9. The number of esters is 1. The van der Waals surface area contributed by atoms with E-state index in [1.807, 2.05) is 32.2 Å². The SMILES string of the molecule is CCn1cc(C(=O)OCC(=O)Nc2ccccc2SC)c(=O)c2ccc(C)nc21. The molecular weight excluding hydrogens is 390 g/mol. The second kappa shape index (κ2) is 8.91. The Morgan fingerprint density at radius 3 is 2.69 bits per heavy atom. The van der Waals surface area contributed by atoms with E-state index in [-0.39, 0.29) is 5.56 Å². The number of pyridine rings is 2. The zero-order chi connectivity index (χ0) is 21.0. The molecule has 0 spiro atoms. The summed E-state index contributed by atoms with van der Waals surface area (Å²) in [5.74, 6) is -1.32. The monoisotopic (exact) mass is 411 g/mol. The number of hydrogen-bond acceptors (Lipinski definition) is 6. The number of hydrogen-bond donors (Lipinski definition) is 1. The Kier molecular flexibility index (Phi) is 6.33. The molecule has 8 heteroatoms. The molecule has 0 saturated carbocycles. The van der Waals surface area contributed by atoms with E-state index in [1.54, 1.807) is 28.8 Å². The van der Waals surface area contributed by atoms with Crippen LogP contribution in [-0.4, -0.2) is 34.3 Å². The number of thioether (sulfide) groups is 1. The molecule has 150 valence electrons. The molecule has 2 heterocycles. The van der Waals surface area contributed by atoms with Crippen molar-refractivity contribution in [2.75, 3.05) is 18.2 Å². The molecule has 0 saturated heterocycles. The maximum absolute atomic E-state index is 12.7. The molecule has 0 unspecified atom stereocenters. The molecule has 7 nitrogen and oxygen atoms in total. The van der Waals surface area contributed by atoms with Gasteiger partial charge in [-0.1, -0.05) is 12.1 Å². The molecule has 2 aromatic heterocycles. The predicted molar refractivity (Wildman–Crippen MR) is 114 cm³/mol. The number of carbonyl (C=O) groups is 2. The number of fused-ring (bicyclic) bond motifs is 1. The first kappa shape index (κ1) is 20.6. The summed E-state index contributed by atoms with van der Waals surface area (Å²) in [6.45, 7) is 3.76. The van der Waals surface area contributed by atoms with Gasteiger partial charge in [-0.2, -0.15) is 0 Å². The number of benzene rings is 1. The van der Waals surface area contributed by atoms with E-state index in [0.717, 1.165) is 10.6 Å². The van der Waals surface area contributed by atoms with Gasteiger partial charge in [-0.3, -0.25) is 9.59 Å². The van der Waals surface area contributed by atoms with E-state index < -0.39 is 23.9 Å². The standard InChI is InChI=1S/C21H21N3O4S/c1-4-24-11-15(19(26)14-10-9-13(2)22-20(14)24)21(27)28-12-18(25)23-16-7-5-6-8-17(16)29-3/h5-11H,4,12H2,1-3H3,(H,23,25). The van der Waals surface area contributed by atoms with E-state index in [4.69, 9.17) is 4.74 Å². The Hall–Kier alpha value is -3.13. The largest absolute Gasteiger partial charge is 0.452 e. The summed E-state index contributed by atoms with van der Waals surface area (Å²) in [5, 5.41) is 3.05. The summed E-state index contributed by atoms with van der Waals surface area (Å²) >= 11 is 1.49. The molecule has 1 aromatic carbocycles. The van der Waals surface area contributed by atoms with E-state index in [0.29, 0.717) is 23.3 Å². The van der Waals surface area contributed by atoms with Gasteiger partial charge in [0.2, 0.25) is 5.43 Å². The van der Waals surface area contributed by atoms with Gasteiger partial charge in [0.15, 0.2) is 6.61 Å². The number of para-hydroxylation sites is 1. The van der Waals surface area contributed by atoms with Gasteiger partial charge >= 0.3 is 5.97 Å². The van der Waals surface area contributed by atoms with Crippen LogP contribution in [0.4, 0.5) is 5.69 Å². The number of anilines is 1. The van der Waals surface area contributed by atoms with Crippen LogP contribution in [0.25, 0.3) is 11.0 Å². The van der Waals surface area contributed by atoms with Crippen LogP contribution in [0.3, 0.4) is 0 Å². The Morgan fingerprint density at radius 2 is 1.97 bits per heavy atom. The molecule has 0 bridgehead atoms. The molecule has 3 rings (SSSR count). The van der Waals surface area contributed by atoms with Crippen molar-refractivity contribution in [3.05, 3.63) is 64.1 Å². The van der Waals surface area contributed by atoms with Gasteiger partial charge in [-0.25, -0.2) is 9.78 Å². The zero-order valence-corrected chi connectivity index (χ0v) is 17.2. The summed E-state index contributed by atoms with van der Waals surface area (Å²) in [4.78, 5) is 42.7. The molecule has 29 heavy (non-hydrogen) atoms. The van der Waals surface area contributed by atoms with E-state index in [9.17, 15) is 14.4 Å². The second-order valence-corrected chi connectivity index (χ2v) is 7.15. The van der Waals surface area contributed by atoms with Crippen LogP contribution in [0.2, 0.25) is 0 Å². The van der Waals surface area contributed by atoms with Crippen molar-refractivity contribution in [1.29, 1.82) is 0 Å². The number of aryl methyl sites for hydroxylation is 2. The van der Waals surface area contributed by atoms with Crippen molar-refractivity contribution in [1.82, 2.24) is 9.55 Å². The minimum atomic E-state index is -0.840. The molecule has 0 aliphatic rings. The Morgan fingerprint density at radius 1 is 1.21 bits per heavy atom. The van der Waals surface area contributed by atoms with Gasteiger partial charge in [0, 0.05) is 23.3 Å². The van der Waals surface area contributed by atoms with Gasteiger partial charge in [0.05, 0.1) is 11.1 Å². The highest BCUT2D eigenvalue weighted by molar-refractivity contribution is 7.98. The highest BCUT2D eigenvalue weighted by Gasteiger charge is 2.18. The van der Waals surface area contributed by atoms with Crippen molar-refractivity contribution < 1.29 is 14.3 Å². The summed E-state index contributed by atoms with van der Waals surface area (Å²) in [5.41, 5.74) is 1.34. The molecule has 0 aliphatic heterocycles. The summed E-state index contributed by atoms with van der Waals surface area (Å²) < 4.78 is 6.81. The maximum Gasteiger partial charge on any atom is 0.344 e. The first-order valence-electron chi connectivity index (χ1n) is 9.05. The van der Waals surface area contributed by atoms with Crippen molar-refractivity contribution in [3.8, 4) is 0 Å². The third-order valence-electron chi connectivity index (χ3n) is 4.34. The number of rotatable bonds is 6. The smallest absolute Gasteiger partial charge is 0.344 e. The summed E-state index contributed by atoms with van der Waals surface area (Å²) in [6.07, 6.45) is 3.33. The normalized spacial score (nSPS) is 10.7. The fraction of sp³-hybridized carbons (Fsp3) is 0.238. The number of ether oxygens (including phenoxy) is 1. The lowest BCUT2D eigenvalue weighted by Gasteiger charge is -2.12. The second-order valence-electron chi connectivity index (χ2n) is 6.31. The number of aromatic nitrogens is 2. The molecular formula is C21H21N3O4S. The van der Waals surface area contributed by atoms with Crippen LogP contribution in [0.1, 0.15) is 23.0 Å². The average Bonchev–Trinajstić information content (AvgIpc) is 2.72. The molecule has 1 N–H and O–H groups in total. The molecule has 0 radical (unpaired) electrons. The number of amides is 1. The van der Waals surface area contributed by atoms with Crippen LogP contribution in [0.15, 0.2) is 52.3 Å². The van der Waals surface area contributed by atoms with Gasteiger partial charge in [0.1, 0.15) is 11.2 Å². The lowest BCUT2D eigenvalue weighted by atomic mass is 10.2. The third-order valence-corrected chi connectivity index (χ3v) is 5.13. The number of nitrogens with one attached hydrogen (secondary N) is 1. The van der Waals surface area contributed by atoms with Crippen LogP contribution in [0, 0.1) is 6.92 Å². The Bertz CT molecular complexity index is 1140. The lowest BCUT2D eigenvalue weighted by Crippen LogP contribution is -2.25. The average molecular weight is 411 g/mol. The molecule has 3 aromatic rings. The van der Waals surface area contributed by atoms with Crippen molar-refractivity contribution in [2.24, 2.45) is 0 Å². The summed E-state index contributed by atoms with van der Waals surface area (Å²) in [6, 6.07) is 10.7. The summed E-state index contributed by atoms with van der Waals surface area (Å²) in [7, 11) is 0. The molecule has 0 fully saturated rings. The molecule has 1 amide bonds. The predicted octanol–water partition coefficient (Wildman–Crippen LogP) is 3.24. The van der Waals surface area contributed by atoms with Gasteiger partial charge in [0.25, 0.3) is 5.91 Å². The lowest BCUT2D eigenvalue weighted by molar-refractivity contribution is -0.119. The Labute approximate surface area is 172 Å². The van der Waals surface area contributed by atoms with E-state index in [1.165, 1.54) is 18.0 Å². The van der Waals surface area contributed by atoms with Gasteiger partial charge in [-0.15, -0.1) is 11.8 Å². The van der Waals surface area contributed by atoms with Crippen molar-refractivity contribution >= 4 is 40.4 Å². The fourth-order valence-electron chi connectivity index (χ4n) is 2.89. The van der Waals surface area contributed by atoms with Gasteiger partial charge < -0.3 is 14.6 Å². The van der Waals surface area contributed by atoms with Crippen molar-refractivity contribution in [2.45, 2.75) is 25.3 Å². The maximum atomic E-state index is 12.7. The minimum Gasteiger partial charge on any atom is -0.452 e. The van der Waals surface area contributed by atoms with Gasteiger partial charge in [-0.05, 0) is 44.4 Å². The highest BCUT2D eigenvalue weighted by Crippen LogP contribution is 2.24. The van der Waals surface area contributed by atoms with E-state index >= 15 is 0 Å². The zero-order valence-electron chi connectivity index (χ0n) is 16.4. The molecule has 0 aliphatic carbocycles. The third kappa shape index (κ3) is 4.48. The number of nitrogens with zero attached hydrogens (tertiary/aromatic N) is 2. The van der Waals surface area contributed by atoms with Crippen LogP contribution in [0.5, 0.6) is 0 Å². The minimum absolute atomic E-state index is 0.123.